The summed E-state index contributed by atoms with van der Waals surface area (Å²) in [4.78, 5) is 30.4. The van der Waals surface area contributed by atoms with Gasteiger partial charge in [-0.25, -0.2) is 0 Å². The second-order valence-corrected chi connectivity index (χ2v) is 11.7. The Morgan fingerprint density at radius 1 is 1.24 bits per heavy atom. The summed E-state index contributed by atoms with van der Waals surface area (Å²) < 4.78 is 5.69. The number of unbranched alkanes of at least 4 members (excludes halogenated alkanes) is 1. The quantitative estimate of drug-likeness (QED) is 0.378. The molecule has 1 amide bonds. The van der Waals surface area contributed by atoms with Gasteiger partial charge in [0.05, 0.1) is 19.1 Å². The third kappa shape index (κ3) is 7.57. The molecule has 3 rings (SSSR count). The van der Waals surface area contributed by atoms with E-state index in [0.717, 1.165) is 42.6 Å². The zero-order chi connectivity index (χ0) is 27.2. The van der Waals surface area contributed by atoms with Gasteiger partial charge in [0.1, 0.15) is 5.75 Å². The van der Waals surface area contributed by atoms with Crippen molar-refractivity contribution in [2.45, 2.75) is 78.7 Å². The number of allylic oxidation sites excluding steroid dienone is 2. The largest absolute Gasteiger partial charge is 0.493 e. The molecular formula is C30H47N3O4. The Morgan fingerprint density at radius 2 is 1.97 bits per heavy atom. The number of ether oxygens (including phenoxy) is 1. The van der Waals surface area contributed by atoms with E-state index in [2.05, 4.69) is 51.7 Å². The number of benzene rings is 1. The van der Waals surface area contributed by atoms with Crippen molar-refractivity contribution < 1.29 is 19.4 Å². The van der Waals surface area contributed by atoms with Gasteiger partial charge in [-0.15, -0.1) is 0 Å². The van der Waals surface area contributed by atoms with Gasteiger partial charge in [0.2, 0.25) is 5.91 Å². The molecule has 37 heavy (non-hydrogen) atoms. The van der Waals surface area contributed by atoms with Gasteiger partial charge in [0.25, 0.3) is 0 Å². The lowest BCUT2D eigenvalue weighted by atomic mass is 9.77. The van der Waals surface area contributed by atoms with Crippen molar-refractivity contribution in [3.05, 3.63) is 41.0 Å². The fraction of sp³-hybridized carbons (Fsp3) is 0.667. The molecule has 0 aromatic heterocycles. The molecule has 2 heterocycles. The van der Waals surface area contributed by atoms with Gasteiger partial charge in [0.15, 0.2) is 0 Å². The number of hydrogen-bond donors (Lipinski definition) is 2. The lowest BCUT2D eigenvalue weighted by Gasteiger charge is -2.34. The zero-order valence-electron chi connectivity index (χ0n) is 23.5. The molecule has 7 heteroatoms. The summed E-state index contributed by atoms with van der Waals surface area (Å²) in [5, 5.41) is 10.5. The van der Waals surface area contributed by atoms with Crippen LogP contribution in [0.25, 0.3) is 0 Å². The number of rotatable bonds is 13. The van der Waals surface area contributed by atoms with Crippen molar-refractivity contribution in [2.24, 2.45) is 17.1 Å². The van der Waals surface area contributed by atoms with E-state index in [1.54, 1.807) is 0 Å². The van der Waals surface area contributed by atoms with E-state index in [1.807, 2.05) is 17.0 Å². The second kappa shape index (κ2) is 12.9. The Morgan fingerprint density at radius 3 is 2.62 bits per heavy atom. The third-order valence-corrected chi connectivity index (χ3v) is 7.69. The molecule has 206 valence electrons. The van der Waals surface area contributed by atoms with Crippen molar-refractivity contribution in [1.29, 1.82) is 0 Å². The number of aliphatic carboxylic acids is 1. The molecule has 1 unspecified atom stereocenters. The molecule has 7 nitrogen and oxygen atoms in total. The molecule has 1 fully saturated rings. The van der Waals surface area contributed by atoms with Crippen LogP contribution in [-0.4, -0.2) is 72.2 Å². The second-order valence-electron chi connectivity index (χ2n) is 11.7. The van der Waals surface area contributed by atoms with Crippen molar-refractivity contribution in [3.8, 4) is 5.75 Å². The van der Waals surface area contributed by atoms with E-state index < -0.39 is 11.9 Å². The molecular weight excluding hydrogens is 466 g/mol. The maximum atomic E-state index is 13.5. The van der Waals surface area contributed by atoms with Crippen LogP contribution in [0.4, 0.5) is 0 Å². The van der Waals surface area contributed by atoms with Crippen molar-refractivity contribution in [3.63, 3.8) is 0 Å². The van der Waals surface area contributed by atoms with Gasteiger partial charge < -0.3 is 20.5 Å². The number of nitrogens with zero attached hydrogens (tertiary/aromatic N) is 2. The predicted octanol–water partition coefficient (Wildman–Crippen LogP) is 4.45. The molecule has 3 N–H and O–H groups in total. The third-order valence-electron chi connectivity index (χ3n) is 7.69. The fourth-order valence-corrected chi connectivity index (χ4v) is 6.17. The van der Waals surface area contributed by atoms with Crippen LogP contribution >= 0.6 is 0 Å². The van der Waals surface area contributed by atoms with Crippen molar-refractivity contribution in [1.82, 2.24) is 9.80 Å². The lowest BCUT2D eigenvalue weighted by Crippen LogP contribution is -2.46. The van der Waals surface area contributed by atoms with E-state index in [-0.39, 0.29) is 29.8 Å². The van der Waals surface area contributed by atoms with Crippen LogP contribution < -0.4 is 10.5 Å². The van der Waals surface area contributed by atoms with Crippen LogP contribution in [0, 0.1) is 11.3 Å². The van der Waals surface area contributed by atoms with E-state index >= 15 is 0 Å². The summed E-state index contributed by atoms with van der Waals surface area (Å²) >= 11 is 0. The van der Waals surface area contributed by atoms with Crippen molar-refractivity contribution in [2.75, 3.05) is 39.3 Å². The minimum absolute atomic E-state index is 0.0686. The summed E-state index contributed by atoms with van der Waals surface area (Å²) in [7, 11) is 0. The average molecular weight is 514 g/mol. The molecule has 1 aromatic carbocycles. The highest BCUT2D eigenvalue weighted by Crippen LogP contribution is 2.44. The van der Waals surface area contributed by atoms with E-state index in [0.29, 0.717) is 39.2 Å². The maximum absolute atomic E-state index is 13.5. The number of likely N-dealkylation sites (tertiary alicyclic amines) is 1. The van der Waals surface area contributed by atoms with Gasteiger partial charge >= 0.3 is 5.97 Å². The number of carboxylic acid groups (broad SMARTS) is 1. The molecule has 2 aliphatic heterocycles. The molecule has 0 aliphatic carbocycles. The molecule has 1 saturated heterocycles. The summed E-state index contributed by atoms with van der Waals surface area (Å²) in [5.74, 6) is -0.601. The predicted molar refractivity (Wildman–Crippen MR) is 148 cm³/mol. The molecule has 3 atom stereocenters. The Kier molecular flexibility index (Phi) is 10.2. The summed E-state index contributed by atoms with van der Waals surface area (Å²) in [6.45, 7) is 14.0. The Labute approximate surface area is 223 Å². The van der Waals surface area contributed by atoms with Crippen LogP contribution in [0.3, 0.4) is 0 Å². The first kappa shape index (κ1) is 29.2. The molecule has 0 radical (unpaired) electrons. The fourth-order valence-electron chi connectivity index (χ4n) is 6.17. The van der Waals surface area contributed by atoms with Crippen LogP contribution in [0.2, 0.25) is 0 Å². The zero-order valence-corrected chi connectivity index (χ0v) is 23.5. The number of carbonyl (C=O) groups excluding carboxylic acids is 1. The Balaban J connectivity index is 1.93. The monoisotopic (exact) mass is 513 g/mol. The number of carboxylic acids is 1. The maximum Gasteiger partial charge on any atom is 0.308 e. The lowest BCUT2D eigenvalue weighted by molar-refractivity contribution is -0.144. The first-order valence-corrected chi connectivity index (χ1v) is 13.9. The molecule has 0 saturated carbocycles. The van der Waals surface area contributed by atoms with Crippen LogP contribution in [0.15, 0.2) is 29.8 Å². The number of nitrogens with two attached hydrogens (primary N) is 1. The molecule has 0 bridgehead atoms. The first-order chi connectivity index (χ1) is 17.6. The van der Waals surface area contributed by atoms with Gasteiger partial charge in [-0.05, 0) is 62.3 Å². The highest BCUT2D eigenvalue weighted by molar-refractivity contribution is 5.79. The van der Waals surface area contributed by atoms with Gasteiger partial charge in [-0.3, -0.25) is 14.5 Å². The van der Waals surface area contributed by atoms with Crippen LogP contribution in [0.1, 0.15) is 77.3 Å². The van der Waals surface area contributed by atoms with Gasteiger partial charge in [0, 0.05) is 38.0 Å². The van der Waals surface area contributed by atoms with E-state index in [9.17, 15) is 14.7 Å². The summed E-state index contributed by atoms with van der Waals surface area (Å²) in [6, 6.07) is 5.88. The van der Waals surface area contributed by atoms with E-state index in [1.165, 1.54) is 5.57 Å². The van der Waals surface area contributed by atoms with Crippen LogP contribution in [-0.2, 0) is 16.0 Å². The van der Waals surface area contributed by atoms with Gasteiger partial charge in [-0.2, -0.15) is 0 Å². The number of hydrogen-bond acceptors (Lipinski definition) is 5. The Hall–Kier alpha value is -2.38. The highest BCUT2D eigenvalue weighted by Gasteiger charge is 2.48. The average Bonchev–Trinajstić information content (AvgIpc) is 3.42. The normalized spacial score (nSPS) is 21.4. The van der Waals surface area contributed by atoms with E-state index in [4.69, 9.17) is 10.5 Å². The smallest absolute Gasteiger partial charge is 0.308 e. The number of carbonyl (C=O) groups is 2. The minimum atomic E-state index is -0.791. The standard InChI is InChI=1S/C30H47N3O4/c1-6-7-13-32(14-8-12-31)27(34)20-33-19-24(22-9-10-26-23(16-22)11-15-37-26)28(29(35)36)25(33)18-30(4,5)17-21(2)3/h9-10,16-17,24-25,28H,6-8,11-15,18-20,31H2,1-5H3,(H,35,36)/t24-,25+,28?/m1/s1. The molecule has 2 aliphatic rings. The number of amides is 1. The summed E-state index contributed by atoms with van der Waals surface area (Å²) in [5.41, 5.74) is 8.93. The van der Waals surface area contributed by atoms with Gasteiger partial charge in [-0.1, -0.05) is 51.0 Å². The molecule has 0 spiro atoms. The SMILES string of the molecule is CCCCN(CCCN)C(=O)CN1C[C@H](c2ccc3c(c2)CCO3)C(C(=O)O)[C@@H]1CC(C)(C)C=C(C)C. The Bertz CT molecular complexity index is 962. The highest BCUT2D eigenvalue weighted by atomic mass is 16.5. The van der Waals surface area contributed by atoms with Crippen LogP contribution in [0.5, 0.6) is 5.75 Å². The minimum Gasteiger partial charge on any atom is -0.493 e. The first-order valence-electron chi connectivity index (χ1n) is 13.9. The van der Waals surface area contributed by atoms with Crippen molar-refractivity contribution >= 4 is 11.9 Å². The summed E-state index contributed by atoms with van der Waals surface area (Å²) in [6.07, 6.45) is 6.47. The topological polar surface area (TPSA) is 96.1 Å². The number of fused-ring (bicyclic) bond motifs is 1. The molecule has 1 aromatic rings.